The molecule has 1 fully saturated rings. The molecule has 1 aliphatic rings. The lowest BCUT2D eigenvalue weighted by molar-refractivity contribution is -0.183. The molecule has 0 saturated heterocycles. The summed E-state index contributed by atoms with van der Waals surface area (Å²) in [5.74, 6) is -1.18. The highest BCUT2D eigenvalue weighted by Crippen LogP contribution is 2.39. The first kappa shape index (κ1) is 13.8. The number of alkyl halides is 3. The van der Waals surface area contributed by atoms with E-state index in [0.29, 0.717) is 12.8 Å². The van der Waals surface area contributed by atoms with Crippen molar-refractivity contribution in [3.8, 4) is 0 Å². The Balaban J connectivity index is 2.44. The minimum Gasteiger partial charge on any atom is -0.229 e. The first-order valence-electron chi connectivity index (χ1n) is 5.51. The van der Waals surface area contributed by atoms with E-state index in [1.807, 2.05) is 0 Å². The summed E-state index contributed by atoms with van der Waals surface area (Å²) < 4.78 is 59.7. The summed E-state index contributed by atoms with van der Waals surface area (Å²) in [6.07, 6.45) is -3.21. The van der Waals surface area contributed by atoms with Crippen LogP contribution >= 0.6 is 0 Å². The molecule has 0 radical (unpaired) electrons. The minimum atomic E-state index is -4.12. The van der Waals surface area contributed by atoms with Crippen molar-refractivity contribution in [2.75, 3.05) is 11.5 Å². The predicted molar refractivity (Wildman–Crippen MR) is 55.8 cm³/mol. The number of hydrogen-bond donors (Lipinski definition) is 0. The van der Waals surface area contributed by atoms with E-state index in [0.717, 1.165) is 0 Å². The van der Waals surface area contributed by atoms with Gasteiger partial charge in [-0.25, -0.2) is 8.42 Å². The van der Waals surface area contributed by atoms with Crippen molar-refractivity contribution in [3.63, 3.8) is 0 Å². The first-order valence-corrected chi connectivity index (χ1v) is 7.34. The molecule has 1 aliphatic carbocycles. The van der Waals surface area contributed by atoms with Crippen LogP contribution in [0, 0.1) is 11.8 Å². The molecular formula is C10H17F3O2S. The molecule has 0 atom stereocenters. The van der Waals surface area contributed by atoms with Crippen molar-refractivity contribution < 1.29 is 21.6 Å². The molecule has 1 rings (SSSR count). The average molecular weight is 258 g/mol. The molecular weight excluding hydrogens is 241 g/mol. The fourth-order valence-electron chi connectivity index (χ4n) is 2.13. The fraction of sp³-hybridized carbons (Fsp3) is 1.00. The van der Waals surface area contributed by atoms with Gasteiger partial charge in [0.1, 0.15) is 9.84 Å². The third-order valence-electron chi connectivity index (χ3n) is 3.24. The van der Waals surface area contributed by atoms with Crippen molar-refractivity contribution in [3.05, 3.63) is 0 Å². The molecule has 0 heterocycles. The van der Waals surface area contributed by atoms with Crippen LogP contribution in [0.15, 0.2) is 0 Å². The Hall–Kier alpha value is -0.260. The largest absolute Gasteiger partial charge is 0.391 e. The van der Waals surface area contributed by atoms with E-state index in [9.17, 15) is 21.6 Å². The average Bonchev–Trinajstić information content (AvgIpc) is 2.16. The molecule has 96 valence electrons. The zero-order valence-electron chi connectivity index (χ0n) is 9.26. The molecule has 0 N–H and O–H groups in total. The maximum atomic E-state index is 12.4. The molecule has 0 aromatic heterocycles. The van der Waals surface area contributed by atoms with E-state index in [1.165, 1.54) is 0 Å². The Bertz CT molecular complexity index is 313. The van der Waals surface area contributed by atoms with Gasteiger partial charge in [0, 0.05) is 5.75 Å². The van der Waals surface area contributed by atoms with E-state index in [4.69, 9.17) is 0 Å². The lowest BCUT2D eigenvalue weighted by Crippen LogP contribution is -2.30. The van der Waals surface area contributed by atoms with Crippen LogP contribution in [0.3, 0.4) is 0 Å². The van der Waals surface area contributed by atoms with Crippen LogP contribution in [-0.2, 0) is 9.84 Å². The Kier molecular flexibility index (Phi) is 4.26. The Morgan fingerprint density at radius 3 is 2.00 bits per heavy atom. The van der Waals surface area contributed by atoms with E-state index >= 15 is 0 Å². The van der Waals surface area contributed by atoms with Crippen LogP contribution in [0.1, 0.15) is 32.6 Å². The summed E-state index contributed by atoms with van der Waals surface area (Å²) in [6.45, 7) is 1.57. The highest BCUT2D eigenvalue weighted by Gasteiger charge is 2.41. The van der Waals surface area contributed by atoms with Crippen molar-refractivity contribution in [2.24, 2.45) is 11.8 Å². The lowest BCUT2D eigenvalue weighted by atomic mass is 9.82. The minimum absolute atomic E-state index is 0.0497. The number of hydrogen-bond acceptors (Lipinski definition) is 2. The second-order valence-corrected chi connectivity index (χ2v) is 6.86. The van der Waals surface area contributed by atoms with Gasteiger partial charge in [0.2, 0.25) is 0 Å². The molecule has 1 saturated carbocycles. The topological polar surface area (TPSA) is 34.1 Å². The van der Waals surface area contributed by atoms with E-state index in [-0.39, 0.29) is 30.3 Å². The molecule has 0 bridgehead atoms. The van der Waals surface area contributed by atoms with E-state index in [1.54, 1.807) is 6.92 Å². The normalized spacial score (nSPS) is 28.0. The summed E-state index contributed by atoms with van der Waals surface area (Å²) >= 11 is 0. The second-order valence-electron chi connectivity index (χ2n) is 4.46. The third-order valence-corrected chi connectivity index (χ3v) is 5.10. The maximum Gasteiger partial charge on any atom is 0.391 e. The Labute approximate surface area is 94.1 Å². The smallest absolute Gasteiger partial charge is 0.229 e. The summed E-state index contributed by atoms with van der Waals surface area (Å²) in [4.78, 5) is 0. The zero-order valence-corrected chi connectivity index (χ0v) is 10.1. The quantitative estimate of drug-likeness (QED) is 0.780. The molecule has 0 unspecified atom stereocenters. The van der Waals surface area contributed by atoms with Gasteiger partial charge in [0.15, 0.2) is 0 Å². The number of sulfone groups is 1. The number of halogens is 3. The highest BCUT2D eigenvalue weighted by molar-refractivity contribution is 7.91. The maximum absolute atomic E-state index is 12.4. The fourth-order valence-corrected chi connectivity index (χ4v) is 3.42. The van der Waals surface area contributed by atoms with Gasteiger partial charge >= 0.3 is 6.18 Å². The van der Waals surface area contributed by atoms with Crippen LogP contribution < -0.4 is 0 Å². The van der Waals surface area contributed by atoms with Gasteiger partial charge in [-0.2, -0.15) is 13.2 Å². The Morgan fingerprint density at radius 2 is 1.62 bits per heavy atom. The van der Waals surface area contributed by atoms with Crippen molar-refractivity contribution in [1.82, 2.24) is 0 Å². The van der Waals surface area contributed by atoms with Gasteiger partial charge in [-0.3, -0.25) is 0 Å². The summed E-state index contributed by atoms with van der Waals surface area (Å²) in [7, 11) is -3.05. The molecule has 0 aromatic carbocycles. The van der Waals surface area contributed by atoms with Crippen LogP contribution in [0.5, 0.6) is 0 Å². The standard InChI is InChI=1S/C10H17F3O2S/c1-2-16(14,15)7-8-3-5-9(6-4-8)10(11,12)13/h8-9H,2-7H2,1H3/t8-,9+. The summed E-state index contributed by atoms with van der Waals surface area (Å²) in [5, 5.41) is 0. The third kappa shape index (κ3) is 3.96. The van der Waals surface area contributed by atoms with Crippen LogP contribution in [-0.4, -0.2) is 26.1 Å². The molecule has 0 aromatic rings. The summed E-state index contributed by atoms with van der Waals surface area (Å²) in [5.41, 5.74) is 0. The van der Waals surface area contributed by atoms with Crippen molar-refractivity contribution >= 4 is 9.84 Å². The lowest BCUT2D eigenvalue weighted by Gasteiger charge is -2.29. The molecule has 0 spiro atoms. The molecule has 2 nitrogen and oxygen atoms in total. The molecule has 16 heavy (non-hydrogen) atoms. The summed E-state index contributed by atoms with van der Waals surface area (Å²) in [6, 6.07) is 0. The van der Waals surface area contributed by atoms with Crippen molar-refractivity contribution in [1.29, 1.82) is 0 Å². The van der Waals surface area contributed by atoms with Crippen molar-refractivity contribution in [2.45, 2.75) is 38.8 Å². The van der Waals surface area contributed by atoms with Gasteiger partial charge in [0.25, 0.3) is 0 Å². The van der Waals surface area contributed by atoms with Gasteiger partial charge in [-0.05, 0) is 31.6 Å². The van der Waals surface area contributed by atoms with Gasteiger partial charge in [0.05, 0.1) is 11.7 Å². The van der Waals surface area contributed by atoms with E-state index in [2.05, 4.69) is 0 Å². The predicted octanol–water partition coefficient (Wildman–Crippen LogP) is 2.79. The molecule has 0 aliphatic heterocycles. The first-order chi connectivity index (χ1) is 7.24. The van der Waals surface area contributed by atoms with E-state index < -0.39 is 21.9 Å². The van der Waals surface area contributed by atoms with Crippen LogP contribution in [0.25, 0.3) is 0 Å². The molecule has 0 amide bonds. The Morgan fingerprint density at radius 1 is 1.12 bits per heavy atom. The second kappa shape index (κ2) is 4.94. The SMILES string of the molecule is CCS(=O)(=O)C[C@H]1CC[C@@H](C(F)(F)F)CC1. The van der Waals surface area contributed by atoms with Gasteiger partial charge in [-0.1, -0.05) is 6.92 Å². The van der Waals surface area contributed by atoms with Crippen LogP contribution in [0.4, 0.5) is 13.2 Å². The molecule has 6 heteroatoms. The number of rotatable bonds is 3. The van der Waals surface area contributed by atoms with Gasteiger partial charge in [-0.15, -0.1) is 0 Å². The van der Waals surface area contributed by atoms with Crippen LogP contribution in [0.2, 0.25) is 0 Å². The van der Waals surface area contributed by atoms with Gasteiger partial charge < -0.3 is 0 Å². The zero-order chi connectivity index (χ0) is 12.4. The highest BCUT2D eigenvalue weighted by atomic mass is 32.2. The monoisotopic (exact) mass is 258 g/mol.